The van der Waals surface area contributed by atoms with Crippen LogP contribution in [0.1, 0.15) is 51.8 Å². The van der Waals surface area contributed by atoms with Crippen molar-refractivity contribution in [3.05, 3.63) is 89.0 Å². The lowest BCUT2D eigenvalue weighted by molar-refractivity contribution is -0.136. The van der Waals surface area contributed by atoms with Crippen molar-refractivity contribution in [1.29, 1.82) is 0 Å². The molecule has 0 aromatic heterocycles. The van der Waals surface area contributed by atoms with E-state index in [9.17, 15) is 9.59 Å². The monoisotopic (exact) mass is 528 g/mol. The van der Waals surface area contributed by atoms with Crippen LogP contribution in [0.3, 0.4) is 0 Å². The van der Waals surface area contributed by atoms with Crippen LogP contribution in [0.4, 0.5) is 0 Å². The molecule has 2 atom stereocenters. The summed E-state index contributed by atoms with van der Waals surface area (Å²) in [7, 11) is 6.50. The fraction of sp³-hybridized carbons (Fsp3) is 0.375. The van der Waals surface area contributed by atoms with Crippen LogP contribution in [0.15, 0.2) is 66.7 Å². The van der Waals surface area contributed by atoms with E-state index in [4.69, 9.17) is 14.2 Å². The van der Waals surface area contributed by atoms with Crippen LogP contribution in [0, 0.1) is 5.92 Å². The molecule has 2 aliphatic heterocycles. The van der Waals surface area contributed by atoms with E-state index in [1.807, 2.05) is 35.2 Å². The summed E-state index contributed by atoms with van der Waals surface area (Å²) in [6.07, 6.45) is 2.93. The van der Waals surface area contributed by atoms with Gasteiger partial charge in [0.15, 0.2) is 11.5 Å². The minimum atomic E-state index is -0.582. The lowest BCUT2D eigenvalue weighted by Gasteiger charge is -2.43. The first-order valence-corrected chi connectivity index (χ1v) is 13.4. The highest BCUT2D eigenvalue weighted by atomic mass is 16.5. The first-order chi connectivity index (χ1) is 18.9. The van der Waals surface area contributed by atoms with Crippen molar-refractivity contribution in [2.45, 2.75) is 31.2 Å². The Morgan fingerprint density at radius 2 is 1.51 bits per heavy atom. The Bertz CT molecular complexity index is 1320. The molecule has 0 unspecified atom stereocenters. The van der Waals surface area contributed by atoms with E-state index in [-0.39, 0.29) is 11.8 Å². The molecule has 2 amide bonds. The van der Waals surface area contributed by atoms with Gasteiger partial charge in [-0.25, -0.2) is 0 Å². The number of hydrogen-bond acceptors (Lipinski definition) is 5. The molecule has 204 valence electrons. The van der Waals surface area contributed by atoms with Gasteiger partial charge in [-0.2, -0.15) is 0 Å². The van der Waals surface area contributed by atoms with Crippen LogP contribution in [0.25, 0.3) is 0 Å². The largest absolute Gasteiger partial charge is 0.497 e. The van der Waals surface area contributed by atoms with E-state index in [0.717, 1.165) is 30.6 Å². The van der Waals surface area contributed by atoms with E-state index in [1.54, 1.807) is 45.4 Å². The van der Waals surface area contributed by atoms with E-state index in [2.05, 4.69) is 24.3 Å². The molecular weight excluding hydrogens is 492 g/mol. The molecule has 0 bridgehead atoms. The Kier molecular flexibility index (Phi) is 7.77. The van der Waals surface area contributed by atoms with Crippen molar-refractivity contribution in [3.8, 4) is 17.2 Å². The number of carbonyl (C=O) groups is 2. The van der Waals surface area contributed by atoms with Gasteiger partial charge < -0.3 is 24.0 Å². The van der Waals surface area contributed by atoms with Gasteiger partial charge in [-0.05, 0) is 66.1 Å². The SMILES string of the molecule is COc1ccc([C@H]2[C@@H](C(=O)N3CCC(Cc4ccccc4)CC3)c3cc(OC)c(OC)cc3C(=O)N2C)cc1. The summed E-state index contributed by atoms with van der Waals surface area (Å²) in [6, 6.07) is 21.2. The van der Waals surface area contributed by atoms with Crippen LogP contribution in [0.5, 0.6) is 17.2 Å². The van der Waals surface area contributed by atoms with E-state index in [1.165, 1.54) is 5.56 Å². The highest BCUT2D eigenvalue weighted by molar-refractivity contribution is 6.02. The van der Waals surface area contributed by atoms with Gasteiger partial charge >= 0.3 is 0 Å². The van der Waals surface area contributed by atoms with Crippen molar-refractivity contribution in [2.75, 3.05) is 41.5 Å². The number of ether oxygens (including phenoxy) is 3. The summed E-state index contributed by atoms with van der Waals surface area (Å²) < 4.78 is 16.4. The van der Waals surface area contributed by atoms with Gasteiger partial charge in [0.05, 0.1) is 33.3 Å². The Morgan fingerprint density at radius 3 is 2.13 bits per heavy atom. The number of piperidine rings is 1. The molecule has 5 rings (SSSR count). The average molecular weight is 529 g/mol. The Hall–Kier alpha value is -4.00. The maximum Gasteiger partial charge on any atom is 0.254 e. The Balaban J connectivity index is 1.49. The normalized spacial score (nSPS) is 19.4. The number of benzene rings is 3. The number of rotatable bonds is 7. The summed E-state index contributed by atoms with van der Waals surface area (Å²) in [5.74, 6) is 1.52. The topological polar surface area (TPSA) is 68.3 Å². The summed E-state index contributed by atoms with van der Waals surface area (Å²) in [5.41, 5.74) is 3.36. The maximum absolute atomic E-state index is 14.4. The zero-order chi connectivity index (χ0) is 27.5. The molecule has 1 fully saturated rings. The summed E-state index contributed by atoms with van der Waals surface area (Å²) in [4.78, 5) is 31.7. The molecule has 3 aromatic carbocycles. The van der Waals surface area contributed by atoms with Crippen molar-refractivity contribution in [3.63, 3.8) is 0 Å². The predicted octanol–water partition coefficient (Wildman–Crippen LogP) is 5.10. The fourth-order valence-electron chi connectivity index (χ4n) is 6.03. The van der Waals surface area contributed by atoms with Crippen LogP contribution in [0.2, 0.25) is 0 Å². The summed E-state index contributed by atoms with van der Waals surface area (Å²) in [6.45, 7) is 1.39. The minimum Gasteiger partial charge on any atom is -0.497 e. The van der Waals surface area contributed by atoms with Gasteiger partial charge in [-0.15, -0.1) is 0 Å². The predicted molar refractivity (Wildman–Crippen MR) is 150 cm³/mol. The molecular formula is C32H36N2O5. The third kappa shape index (κ3) is 5.18. The van der Waals surface area contributed by atoms with Crippen molar-refractivity contribution >= 4 is 11.8 Å². The first kappa shape index (κ1) is 26.6. The van der Waals surface area contributed by atoms with Crippen molar-refractivity contribution in [2.24, 2.45) is 5.92 Å². The number of likely N-dealkylation sites (tertiary alicyclic amines) is 1. The molecule has 7 heteroatoms. The molecule has 0 N–H and O–H groups in total. The zero-order valence-corrected chi connectivity index (χ0v) is 23.1. The lowest BCUT2D eigenvalue weighted by atomic mass is 9.78. The summed E-state index contributed by atoms with van der Waals surface area (Å²) in [5, 5.41) is 0. The number of methoxy groups -OCH3 is 3. The molecule has 0 saturated carbocycles. The maximum atomic E-state index is 14.4. The van der Waals surface area contributed by atoms with Gasteiger partial charge in [0.1, 0.15) is 5.75 Å². The fourth-order valence-corrected chi connectivity index (χ4v) is 6.03. The third-order valence-electron chi connectivity index (χ3n) is 8.19. The van der Waals surface area contributed by atoms with Crippen molar-refractivity contribution < 1.29 is 23.8 Å². The second-order valence-electron chi connectivity index (χ2n) is 10.4. The smallest absolute Gasteiger partial charge is 0.254 e. The molecule has 2 heterocycles. The highest BCUT2D eigenvalue weighted by Gasteiger charge is 2.45. The molecule has 0 spiro atoms. The Labute approximate surface area is 230 Å². The van der Waals surface area contributed by atoms with Gasteiger partial charge in [0.25, 0.3) is 5.91 Å². The van der Waals surface area contributed by atoms with Crippen LogP contribution >= 0.6 is 0 Å². The van der Waals surface area contributed by atoms with Crippen molar-refractivity contribution in [1.82, 2.24) is 9.80 Å². The second-order valence-corrected chi connectivity index (χ2v) is 10.4. The molecule has 0 aliphatic carbocycles. The molecule has 2 aliphatic rings. The molecule has 1 saturated heterocycles. The van der Waals surface area contributed by atoms with E-state index < -0.39 is 12.0 Å². The van der Waals surface area contributed by atoms with Crippen LogP contribution in [-0.2, 0) is 11.2 Å². The van der Waals surface area contributed by atoms with Crippen LogP contribution < -0.4 is 14.2 Å². The number of carbonyl (C=O) groups excluding carboxylic acids is 2. The minimum absolute atomic E-state index is 0.0294. The lowest BCUT2D eigenvalue weighted by Crippen LogP contribution is -2.48. The molecule has 39 heavy (non-hydrogen) atoms. The first-order valence-electron chi connectivity index (χ1n) is 13.4. The van der Waals surface area contributed by atoms with E-state index in [0.29, 0.717) is 41.6 Å². The Morgan fingerprint density at radius 1 is 0.872 bits per heavy atom. The van der Waals surface area contributed by atoms with Gasteiger partial charge in [-0.3, -0.25) is 9.59 Å². The number of fused-ring (bicyclic) bond motifs is 1. The van der Waals surface area contributed by atoms with Gasteiger partial charge in [-0.1, -0.05) is 42.5 Å². The standard InChI is InChI=1S/C32H36N2O5/c1-33-30(23-10-12-24(37-2)13-11-23)29(25-19-27(38-3)28(39-4)20-26(25)31(33)35)32(36)34-16-14-22(15-17-34)18-21-8-6-5-7-9-21/h5-13,19-20,22,29-30H,14-18H2,1-4H3/t29-,30-/m0/s1. The second kappa shape index (κ2) is 11.4. The van der Waals surface area contributed by atoms with Crippen LogP contribution in [-0.4, -0.2) is 63.1 Å². The third-order valence-corrected chi connectivity index (χ3v) is 8.19. The summed E-state index contributed by atoms with van der Waals surface area (Å²) >= 11 is 0. The number of amides is 2. The quantitative estimate of drug-likeness (QED) is 0.427. The molecule has 7 nitrogen and oxygen atoms in total. The van der Waals surface area contributed by atoms with Gasteiger partial charge in [0, 0.05) is 25.7 Å². The average Bonchev–Trinajstić information content (AvgIpc) is 2.99. The van der Waals surface area contributed by atoms with Gasteiger partial charge in [0.2, 0.25) is 5.91 Å². The van der Waals surface area contributed by atoms with E-state index >= 15 is 0 Å². The molecule has 0 radical (unpaired) electrons. The highest BCUT2D eigenvalue weighted by Crippen LogP contribution is 2.46. The molecule has 3 aromatic rings. The number of hydrogen-bond donors (Lipinski definition) is 0. The number of likely N-dealkylation sites (N-methyl/N-ethyl adjacent to an activating group) is 1. The number of nitrogens with zero attached hydrogens (tertiary/aromatic N) is 2. The zero-order valence-electron chi connectivity index (χ0n) is 23.1.